The number of likely N-dealkylation sites (tertiary alicyclic amines) is 1. The van der Waals surface area contributed by atoms with E-state index in [-0.39, 0.29) is 12.0 Å². The van der Waals surface area contributed by atoms with Crippen LogP contribution in [0.1, 0.15) is 33.1 Å². The first-order valence-corrected chi connectivity index (χ1v) is 5.80. The summed E-state index contributed by atoms with van der Waals surface area (Å²) in [5.41, 5.74) is 0. The molecule has 1 heterocycles. The highest BCUT2D eigenvalue weighted by Crippen LogP contribution is 2.10. The van der Waals surface area contributed by atoms with Gasteiger partial charge < -0.3 is 15.3 Å². The number of piperidine rings is 1. The van der Waals surface area contributed by atoms with Gasteiger partial charge in [-0.05, 0) is 19.3 Å². The number of nitrogens with one attached hydrogen (secondary N) is 1. The van der Waals surface area contributed by atoms with E-state index in [4.69, 9.17) is 0 Å². The lowest BCUT2D eigenvalue weighted by Gasteiger charge is -2.32. The molecule has 1 saturated heterocycles. The number of rotatable bonds is 4. The molecular weight excluding hydrogens is 192 g/mol. The Labute approximate surface area is 91.6 Å². The van der Waals surface area contributed by atoms with Gasteiger partial charge in [0.25, 0.3) is 0 Å². The number of nitrogens with zero attached hydrogens (tertiary/aromatic N) is 1. The summed E-state index contributed by atoms with van der Waals surface area (Å²) in [6, 6.07) is 0.460. The second-order valence-corrected chi connectivity index (χ2v) is 4.25. The van der Waals surface area contributed by atoms with E-state index in [1.54, 1.807) is 6.92 Å². The zero-order chi connectivity index (χ0) is 11.3. The van der Waals surface area contributed by atoms with Gasteiger partial charge in [-0.2, -0.15) is 0 Å². The van der Waals surface area contributed by atoms with Gasteiger partial charge >= 0.3 is 0 Å². The second-order valence-electron chi connectivity index (χ2n) is 4.25. The molecule has 1 fully saturated rings. The van der Waals surface area contributed by atoms with E-state index in [9.17, 15) is 9.90 Å². The number of hydrogen-bond acceptors (Lipinski definition) is 3. The number of hydrogen-bond donors (Lipinski definition) is 2. The maximum Gasteiger partial charge on any atom is 0.219 e. The minimum atomic E-state index is -0.240. The molecule has 1 aliphatic rings. The van der Waals surface area contributed by atoms with Crippen LogP contribution < -0.4 is 5.32 Å². The molecule has 0 aromatic heterocycles. The molecule has 1 amide bonds. The summed E-state index contributed by atoms with van der Waals surface area (Å²) < 4.78 is 0. The Morgan fingerprint density at radius 2 is 2.13 bits per heavy atom. The molecule has 0 radical (unpaired) electrons. The molecule has 0 aromatic carbocycles. The van der Waals surface area contributed by atoms with E-state index in [0.29, 0.717) is 12.6 Å². The van der Waals surface area contributed by atoms with Crippen LogP contribution in [-0.2, 0) is 4.79 Å². The van der Waals surface area contributed by atoms with Gasteiger partial charge in [0, 0.05) is 32.6 Å². The average molecular weight is 214 g/mol. The molecule has 0 spiro atoms. The van der Waals surface area contributed by atoms with Gasteiger partial charge in [0.1, 0.15) is 0 Å². The van der Waals surface area contributed by atoms with Crippen molar-refractivity contribution in [2.45, 2.75) is 45.3 Å². The van der Waals surface area contributed by atoms with Crippen LogP contribution in [0.5, 0.6) is 0 Å². The SMILES string of the molecule is CCC(O)CNC1CCN(C(C)=O)CC1. The lowest BCUT2D eigenvalue weighted by molar-refractivity contribution is -0.129. The molecule has 1 rings (SSSR count). The molecule has 4 nitrogen and oxygen atoms in total. The van der Waals surface area contributed by atoms with Crippen LogP contribution in [0.3, 0.4) is 0 Å². The first-order valence-electron chi connectivity index (χ1n) is 5.80. The van der Waals surface area contributed by atoms with Crippen molar-refractivity contribution in [2.75, 3.05) is 19.6 Å². The fraction of sp³-hybridized carbons (Fsp3) is 0.909. The number of aliphatic hydroxyl groups is 1. The van der Waals surface area contributed by atoms with Gasteiger partial charge in [-0.1, -0.05) is 6.92 Å². The van der Waals surface area contributed by atoms with Gasteiger partial charge in [-0.3, -0.25) is 4.79 Å². The molecule has 4 heteroatoms. The van der Waals surface area contributed by atoms with Crippen molar-refractivity contribution in [3.05, 3.63) is 0 Å². The van der Waals surface area contributed by atoms with E-state index in [0.717, 1.165) is 32.4 Å². The van der Waals surface area contributed by atoms with Gasteiger partial charge in [0.15, 0.2) is 0 Å². The predicted octanol–water partition coefficient (Wildman–Crippen LogP) is 0.358. The molecule has 15 heavy (non-hydrogen) atoms. The fourth-order valence-electron chi connectivity index (χ4n) is 1.85. The summed E-state index contributed by atoms with van der Waals surface area (Å²) in [4.78, 5) is 13.0. The van der Waals surface area contributed by atoms with Crippen LogP contribution in [0, 0.1) is 0 Å². The smallest absolute Gasteiger partial charge is 0.219 e. The molecule has 0 aromatic rings. The zero-order valence-corrected chi connectivity index (χ0v) is 9.70. The number of aliphatic hydroxyl groups excluding tert-OH is 1. The van der Waals surface area contributed by atoms with E-state index < -0.39 is 0 Å². The third-order valence-electron chi connectivity index (χ3n) is 3.05. The first kappa shape index (κ1) is 12.5. The highest BCUT2D eigenvalue weighted by molar-refractivity contribution is 5.73. The average Bonchev–Trinajstić information content (AvgIpc) is 2.26. The highest BCUT2D eigenvalue weighted by Gasteiger charge is 2.20. The molecule has 0 saturated carbocycles. The van der Waals surface area contributed by atoms with Crippen molar-refractivity contribution in [3.8, 4) is 0 Å². The Morgan fingerprint density at radius 3 is 2.60 bits per heavy atom. The normalized spacial score (nSPS) is 20.3. The monoisotopic (exact) mass is 214 g/mol. The van der Waals surface area contributed by atoms with Crippen LogP contribution >= 0.6 is 0 Å². The second kappa shape index (κ2) is 6.08. The Hall–Kier alpha value is -0.610. The summed E-state index contributed by atoms with van der Waals surface area (Å²) in [7, 11) is 0. The van der Waals surface area contributed by atoms with Crippen molar-refractivity contribution in [3.63, 3.8) is 0 Å². The van der Waals surface area contributed by atoms with Crippen molar-refractivity contribution < 1.29 is 9.90 Å². The number of amides is 1. The summed E-state index contributed by atoms with van der Waals surface area (Å²) in [6.45, 7) is 5.95. The Kier molecular flexibility index (Phi) is 5.05. The third kappa shape index (κ3) is 4.18. The summed E-state index contributed by atoms with van der Waals surface area (Å²) in [6.07, 6.45) is 2.54. The zero-order valence-electron chi connectivity index (χ0n) is 9.70. The molecule has 1 unspecified atom stereocenters. The van der Waals surface area contributed by atoms with Crippen molar-refractivity contribution in [2.24, 2.45) is 0 Å². The van der Waals surface area contributed by atoms with Crippen LogP contribution in [0.2, 0.25) is 0 Å². The van der Waals surface area contributed by atoms with E-state index >= 15 is 0 Å². The topological polar surface area (TPSA) is 52.6 Å². The maximum atomic E-state index is 11.1. The molecular formula is C11H22N2O2. The Bertz CT molecular complexity index is 201. The predicted molar refractivity (Wildman–Crippen MR) is 59.6 cm³/mol. The molecule has 1 aliphatic heterocycles. The van der Waals surface area contributed by atoms with Crippen molar-refractivity contribution in [1.29, 1.82) is 0 Å². The first-order chi connectivity index (χ1) is 7.13. The highest BCUT2D eigenvalue weighted by atomic mass is 16.3. The van der Waals surface area contributed by atoms with Crippen LogP contribution in [-0.4, -0.2) is 47.7 Å². The van der Waals surface area contributed by atoms with Crippen LogP contribution in [0.25, 0.3) is 0 Å². The standard InChI is InChI=1S/C11H22N2O2/c1-3-11(15)8-12-10-4-6-13(7-5-10)9(2)14/h10-12,15H,3-8H2,1-2H3. The molecule has 2 N–H and O–H groups in total. The van der Waals surface area contributed by atoms with Crippen molar-refractivity contribution in [1.82, 2.24) is 10.2 Å². The summed E-state index contributed by atoms with van der Waals surface area (Å²) in [5.74, 6) is 0.169. The molecule has 88 valence electrons. The van der Waals surface area contributed by atoms with E-state index in [1.165, 1.54) is 0 Å². The number of carbonyl (C=O) groups excluding carboxylic acids is 1. The largest absolute Gasteiger partial charge is 0.392 e. The Morgan fingerprint density at radius 1 is 1.53 bits per heavy atom. The molecule has 1 atom stereocenters. The van der Waals surface area contributed by atoms with Gasteiger partial charge in [-0.15, -0.1) is 0 Å². The van der Waals surface area contributed by atoms with Crippen molar-refractivity contribution >= 4 is 5.91 Å². The van der Waals surface area contributed by atoms with E-state index in [1.807, 2.05) is 11.8 Å². The lowest BCUT2D eigenvalue weighted by atomic mass is 10.0. The lowest BCUT2D eigenvalue weighted by Crippen LogP contribution is -2.45. The quantitative estimate of drug-likeness (QED) is 0.710. The summed E-state index contributed by atoms with van der Waals surface area (Å²) in [5, 5.41) is 12.7. The fourth-order valence-corrected chi connectivity index (χ4v) is 1.85. The van der Waals surface area contributed by atoms with Crippen LogP contribution in [0.15, 0.2) is 0 Å². The third-order valence-corrected chi connectivity index (χ3v) is 3.05. The van der Waals surface area contributed by atoms with E-state index in [2.05, 4.69) is 5.32 Å². The van der Waals surface area contributed by atoms with Gasteiger partial charge in [0.2, 0.25) is 5.91 Å². The maximum absolute atomic E-state index is 11.1. The number of carbonyl (C=O) groups is 1. The minimum Gasteiger partial charge on any atom is -0.392 e. The Balaban J connectivity index is 2.17. The van der Waals surface area contributed by atoms with Crippen LogP contribution in [0.4, 0.5) is 0 Å². The molecule has 0 aliphatic carbocycles. The minimum absolute atomic E-state index is 0.169. The van der Waals surface area contributed by atoms with Gasteiger partial charge in [0.05, 0.1) is 6.10 Å². The molecule has 0 bridgehead atoms. The summed E-state index contributed by atoms with van der Waals surface area (Å²) >= 11 is 0. The van der Waals surface area contributed by atoms with Gasteiger partial charge in [-0.25, -0.2) is 0 Å².